The van der Waals surface area contributed by atoms with Crippen molar-refractivity contribution in [3.8, 4) is 0 Å². The Kier molecular flexibility index (Phi) is 11.2. The molecule has 0 radical (unpaired) electrons. The first-order valence-corrected chi connectivity index (χ1v) is 10.1. The van der Waals surface area contributed by atoms with Gasteiger partial charge in [-0.1, -0.05) is 15.9 Å². The van der Waals surface area contributed by atoms with E-state index < -0.39 is 0 Å². The largest absolute Gasteiger partial charge is 0.357 e. The highest BCUT2D eigenvalue weighted by Crippen LogP contribution is 2.14. The molecule has 27 heavy (non-hydrogen) atoms. The summed E-state index contributed by atoms with van der Waals surface area (Å²) in [5.74, 6) is 0.646. The lowest BCUT2D eigenvalue weighted by Gasteiger charge is -2.18. The average molecular weight is 440 g/mol. The van der Waals surface area contributed by atoms with E-state index in [9.17, 15) is 9.59 Å². The number of nitrogens with zero attached hydrogens (tertiary/aromatic N) is 2. The Morgan fingerprint density at radius 2 is 1.70 bits per heavy atom. The van der Waals surface area contributed by atoms with Gasteiger partial charge in [0.05, 0.1) is 6.54 Å². The van der Waals surface area contributed by atoms with Crippen molar-refractivity contribution >= 4 is 39.4 Å². The summed E-state index contributed by atoms with van der Waals surface area (Å²) in [6.07, 6.45) is 0.696. The summed E-state index contributed by atoms with van der Waals surface area (Å²) in [6, 6.07) is 7.44. The summed E-state index contributed by atoms with van der Waals surface area (Å²) in [5, 5.41) is 9.09. The molecule has 1 aromatic carbocycles. The fourth-order valence-corrected chi connectivity index (χ4v) is 2.65. The highest BCUT2D eigenvalue weighted by molar-refractivity contribution is 9.10. The van der Waals surface area contributed by atoms with E-state index in [-0.39, 0.29) is 11.8 Å². The Morgan fingerprint density at radius 1 is 1.04 bits per heavy atom. The number of halogens is 1. The number of aliphatic imine (C=N–C) groups is 1. The first-order valence-electron chi connectivity index (χ1n) is 9.35. The Balaban J connectivity index is 2.39. The molecule has 0 aliphatic heterocycles. The molecular weight excluding hydrogens is 410 g/mol. The summed E-state index contributed by atoms with van der Waals surface area (Å²) >= 11 is 3.36. The zero-order valence-electron chi connectivity index (χ0n) is 16.3. The minimum atomic E-state index is -0.0719. The van der Waals surface area contributed by atoms with E-state index in [4.69, 9.17) is 0 Å². The summed E-state index contributed by atoms with van der Waals surface area (Å²) in [7, 11) is 0. The van der Waals surface area contributed by atoms with E-state index >= 15 is 0 Å². The number of carbonyl (C=O) groups is 2. The number of hydrogen-bond acceptors (Lipinski definition) is 3. The molecule has 0 aliphatic rings. The fraction of sp³-hybridized carbons (Fsp3) is 0.526. The van der Waals surface area contributed by atoms with E-state index in [0.29, 0.717) is 51.5 Å². The van der Waals surface area contributed by atoms with Crippen LogP contribution in [-0.2, 0) is 9.59 Å². The summed E-state index contributed by atoms with van der Waals surface area (Å²) in [4.78, 5) is 30.2. The number of guanidine groups is 1. The number of rotatable bonds is 10. The molecule has 1 aromatic rings. The van der Waals surface area contributed by atoms with Gasteiger partial charge in [-0.25, -0.2) is 0 Å². The summed E-state index contributed by atoms with van der Waals surface area (Å²) in [6.45, 7) is 8.91. The van der Waals surface area contributed by atoms with Gasteiger partial charge in [-0.05, 0) is 45.0 Å². The first-order chi connectivity index (χ1) is 13.0. The molecule has 0 spiro atoms. The van der Waals surface area contributed by atoms with Crippen LogP contribution in [0.25, 0.3) is 0 Å². The molecule has 1 rings (SSSR count). The van der Waals surface area contributed by atoms with Crippen LogP contribution in [0.2, 0.25) is 0 Å². The minimum Gasteiger partial charge on any atom is -0.357 e. The third-order valence-corrected chi connectivity index (χ3v) is 4.36. The minimum absolute atomic E-state index is 0.0719. The van der Waals surface area contributed by atoms with Crippen LogP contribution in [0.1, 0.15) is 33.6 Å². The van der Waals surface area contributed by atoms with Crippen molar-refractivity contribution in [1.82, 2.24) is 15.5 Å². The standard InChI is InChI=1S/C19H30BrN5O2/c1-4-21-19(23-14-12-18(27)25(5-2)6-3)22-13-11-17(26)24-16-9-7-15(20)8-10-16/h7-10H,4-6,11-14H2,1-3H3,(H,24,26)(H2,21,22,23). The normalized spacial score (nSPS) is 11.0. The Morgan fingerprint density at radius 3 is 2.30 bits per heavy atom. The molecule has 0 unspecified atom stereocenters. The zero-order valence-corrected chi connectivity index (χ0v) is 17.9. The quantitative estimate of drug-likeness (QED) is 0.386. The Labute approximate surface area is 170 Å². The van der Waals surface area contributed by atoms with Crippen molar-refractivity contribution < 1.29 is 9.59 Å². The van der Waals surface area contributed by atoms with Gasteiger partial charge in [0.15, 0.2) is 5.96 Å². The Bertz CT molecular complexity index is 615. The molecule has 0 aliphatic carbocycles. The van der Waals surface area contributed by atoms with Gasteiger partial charge < -0.3 is 20.9 Å². The van der Waals surface area contributed by atoms with Gasteiger partial charge in [0, 0.05) is 49.2 Å². The smallest absolute Gasteiger partial charge is 0.226 e. The van der Waals surface area contributed by atoms with Crippen LogP contribution in [-0.4, -0.2) is 55.4 Å². The molecule has 0 saturated heterocycles. The lowest BCUT2D eigenvalue weighted by Crippen LogP contribution is -2.39. The first kappa shape index (κ1) is 23.0. The average Bonchev–Trinajstić information content (AvgIpc) is 2.64. The van der Waals surface area contributed by atoms with E-state index in [1.54, 1.807) is 4.90 Å². The second-order valence-corrected chi connectivity index (χ2v) is 6.72. The predicted octanol–water partition coefficient (Wildman–Crippen LogP) is 2.59. The highest BCUT2D eigenvalue weighted by atomic mass is 79.9. The van der Waals surface area contributed by atoms with E-state index in [1.807, 2.05) is 45.0 Å². The van der Waals surface area contributed by atoms with Crippen LogP contribution in [0.15, 0.2) is 33.7 Å². The number of hydrogen-bond donors (Lipinski definition) is 3. The van der Waals surface area contributed by atoms with Gasteiger partial charge in [0.2, 0.25) is 11.8 Å². The monoisotopic (exact) mass is 439 g/mol. The molecule has 0 saturated carbocycles. The van der Waals surface area contributed by atoms with Crippen LogP contribution in [0.4, 0.5) is 5.69 Å². The molecule has 0 bridgehead atoms. The maximum absolute atomic E-state index is 12.0. The molecule has 3 N–H and O–H groups in total. The van der Waals surface area contributed by atoms with Gasteiger partial charge in [0.1, 0.15) is 0 Å². The highest BCUT2D eigenvalue weighted by Gasteiger charge is 2.09. The third kappa shape index (κ3) is 9.42. The van der Waals surface area contributed by atoms with Crippen molar-refractivity contribution in [2.75, 3.05) is 38.0 Å². The lowest BCUT2D eigenvalue weighted by atomic mass is 10.3. The molecule has 2 amide bonds. The predicted molar refractivity (Wildman–Crippen MR) is 114 cm³/mol. The second kappa shape index (κ2) is 13.1. The van der Waals surface area contributed by atoms with E-state index in [1.165, 1.54) is 0 Å². The molecule has 150 valence electrons. The van der Waals surface area contributed by atoms with Crippen LogP contribution in [0.3, 0.4) is 0 Å². The molecule has 0 fully saturated rings. The van der Waals surface area contributed by atoms with Gasteiger partial charge in [-0.15, -0.1) is 0 Å². The van der Waals surface area contributed by atoms with Gasteiger partial charge in [-0.2, -0.15) is 0 Å². The maximum Gasteiger partial charge on any atom is 0.226 e. The van der Waals surface area contributed by atoms with Crippen molar-refractivity contribution in [3.63, 3.8) is 0 Å². The van der Waals surface area contributed by atoms with E-state index in [0.717, 1.165) is 10.2 Å². The zero-order chi connectivity index (χ0) is 20.1. The van der Waals surface area contributed by atoms with Crippen molar-refractivity contribution in [2.45, 2.75) is 33.6 Å². The fourth-order valence-electron chi connectivity index (χ4n) is 2.39. The number of nitrogens with one attached hydrogen (secondary N) is 3. The second-order valence-electron chi connectivity index (χ2n) is 5.81. The number of anilines is 1. The molecule has 7 nitrogen and oxygen atoms in total. The number of amides is 2. The maximum atomic E-state index is 12.0. The van der Waals surface area contributed by atoms with Crippen LogP contribution in [0.5, 0.6) is 0 Å². The van der Waals surface area contributed by atoms with Crippen LogP contribution >= 0.6 is 15.9 Å². The van der Waals surface area contributed by atoms with Crippen LogP contribution in [0, 0.1) is 0 Å². The summed E-state index contributed by atoms with van der Waals surface area (Å²) < 4.78 is 0.966. The van der Waals surface area contributed by atoms with E-state index in [2.05, 4.69) is 36.9 Å². The van der Waals surface area contributed by atoms with Crippen LogP contribution < -0.4 is 16.0 Å². The SMILES string of the molecule is CCNC(=NCCC(=O)N(CC)CC)NCCC(=O)Nc1ccc(Br)cc1. The van der Waals surface area contributed by atoms with Crippen molar-refractivity contribution in [3.05, 3.63) is 28.7 Å². The number of carbonyl (C=O) groups excluding carboxylic acids is 2. The number of benzene rings is 1. The van der Waals surface area contributed by atoms with Crippen molar-refractivity contribution in [1.29, 1.82) is 0 Å². The molecule has 8 heteroatoms. The molecule has 0 heterocycles. The molecular formula is C19H30BrN5O2. The topological polar surface area (TPSA) is 85.8 Å². The van der Waals surface area contributed by atoms with Gasteiger partial charge >= 0.3 is 0 Å². The lowest BCUT2D eigenvalue weighted by molar-refractivity contribution is -0.130. The van der Waals surface area contributed by atoms with Gasteiger partial charge in [0.25, 0.3) is 0 Å². The Hall–Kier alpha value is -2.09. The van der Waals surface area contributed by atoms with Crippen molar-refractivity contribution in [2.24, 2.45) is 4.99 Å². The molecule has 0 atom stereocenters. The summed E-state index contributed by atoms with van der Waals surface area (Å²) in [5.41, 5.74) is 0.763. The van der Waals surface area contributed by atoms with Gasteiger partial charge in [-0.3, -0.25) is 14.6 Å². The molecule has 0 aromatic heterocycles. The third-order valence-electron chi connectivity index (χ3n) is 3.83.